The Hall–Kier alpha value is -3.71. The standard InChI is InChI=1S/C25H24N4O4S/c1-3-17-9-13-21(14-10-17)34(31,32)29-24-22-16-19(12-11-18(22)15-23(24)30)27-25(28-26-2)33-20-7-5-4-6-8-20/h4-14,16,23-24,29-30H,3,15H2,1H3,(H,27,28)/t23-,24-/m1/s1. The van der Waals surface area contributed by atoms with Crippen LogP contribution in [0.4, 0.5) is 5.69 Å². The summed E-state index contributed by atoms with van der Waals surface area (Å²) < 4.78 is 34.3. The predicted octanol–water partition coefficient (Wildman–Crippen LogP) is 3.87. The topological polar surface area (TPSA) is 104 Å². The fourth-order valence-electron chi connectivity index (χ4n) is 3.82. The van der Waals surface area contributed by atoms with Gasteiger partial charge in [0.2, 0.25) is 10.0 Å². The average molecular weight is 477 g/mol. The molecule has 0 heterocycles. The van der Waals surface area contributed by atoms with Gasteiger partial charge in [-0.25, -0.2) is 13.1 Å². The molecule has 0 amide bonds. The van der Waals surface area contributed by atoms with Gasteiger partial charge < -0.3 is 15.2 Å². The van der Waals surface area contributed by atoms with Crippen molar-refractivity contribution in [3.8, 4) is 5.75 Å². The average Bonchev–Trinajstić information content (AvgIpc) is 3.14. The van der Waals surface area contributed by atoms with Crippen molar-refractivity contribution < 1.29 is 18.3 Å². The van der Waals surface area contributed by atoms with Crippen LogP contribution in [-0.4, -0.2) is 25.6 Å². The first-order valence-electron chi connectivity index (χ1n) is 10.8. The van der Waals surface area contributed by atoms with Crippen LogP contribution < -0.4 is 14.8 Å². The molecule has 0 saturated heterocycles. The molecule has 4 rings (SSSR count). The number of hydrogen-bond acceptors (Lipinski definition) is 5. The van der Waals surface area contributed by atoms with Gasteiger partial charge in [-0.05, 0) is 59.5 Å². The number of sulfonamides is 1. The smallest absolute Gasteiger partial charge is 0.378 e. The molecule has 0 radical (unpaired) electrons. The summed E-state index contributed by atoms with van der Waals surface area (Å²) in [6.45, 7) is 9.06. The fraction of sp³-hybridized carbons (Fsp3) is 0.200. The minimum Gasteiger partial charge on any atom is -0.421 e. The number of nitrogens with one attached hydrogen (secondary N) is 2. The maximum absolute atomic E-state index is 13.0. The van der Waals surface area contributed by atoms with Gasteiger partial charge >= 0.3 is 6.02 Å². The third-order valence-corrected chi connectivity index (χ3v) is 7.03. The zero-order valence-electron chi connectivity index (χ0n) is 18.5. The maximum atomic E-state index is 13.0. The van der Waals surface area contributed by atoms with Crippen molar-refractivity contribution in [1.29, 1.82) is 0 Å². The van der Waals surface area contributed by atoms with Crippen LogP contribution in [0.3, 0.4) is 0 Å². The lowest BCUT2D eigenvalue weighted by Gasteiger charge is -2.19. The van der Waals surface area contributed by atoms with E-state index in [9.17, 15) is 13.5 Å². The number of amidine groups is 1. The number of fused-ring (bicyclic) bond motifs is 1. The summed E-state index contributed by atoms with van der Waals surface area (Å²) in [5, 5.41) is 17.2. The van der Waals surface area contributed by atoms with Crippen LogP contribution in [0.25, 0.3) is 4.95 Å². The number of para-hydroxylation sites is 1. The van der Waals surface area contributed by atoms with E-state index in [0.29, 0.717) is 23.4 Å². The van der Waals surface area contributed by atoms with E-state index >= 15 is 0 Å². The van der Waals surface area contributed by atoms with E-state index in [1.54, 1.807) is 60.7 Å². The summed E-state index contributed by atoms with van der Waals surface area (Å²) >= 11 is 0. The van der Waals surface area contributed by atoms with E-state index in [1.165, 1.54) is 0 Å². The number of ether oxygens (including phenoxy) is 1. The molecule has 3 aromatic rings. The number of hydrogen-bond donors (Lipinski definition) is 3. The molecule has 0 bridgehead atoms. The lowest BCUT2D eigenvalue weighted by Crippen LogP contribution is -2.34. The van der Waals surface area contributed by atoms with Gasteiger partial charge in [-0.1, -0.05) is 43.3 Å². The van der Waals surface area contributed by atoms with Crippen LogP contribution >= 0.6 is 0 Å². The quantitative estimate of drug-likeness (QED) is 0.217. The lowest BCUT2D eigenvalue weighted by molar-refractivity contribution is 0.151. The van der Waals surface area contributed by atoms with E-state index in [0.717, 1.165) is 17.5 Å². The zero-order chi connectivity index (χ0) is 24.1. The number of rotatable bonds is 6. The van der Waals surface area contributed by atoms with Crippen LogP contribution in [-0.2, 0) is 22.9 Å². The van der Waals surface area contributed by atoms with E-state index in [2.05, 4.69) is 20.1 Å². The summed E-state index contributed by atoms with van der Waals surface area (Å²) in [7, 11) is -3.85. The molecular weight excluding hydrogens is 452 g/mol. The van der Waals surface area contributed by atoms with Crippen LogP contribution in [0.15, 0.2) is 82.8 Å². The molecule has 8 nitrogen and oxygen atoms in total. The van der Waals surface area contributed by atoms with Crippen LogP contribution in [0.1, 0.15) is 29.7 Å². The molecule has 0 aromatic heterocycles. The number of aliphatic hydroxyl groups excluding tert-OH is 1. The van der Waals surface area contributed by atoms with Crippen molar-refractivity contribution >= 4 is 21.7 Å². The Morgan fingerprint density at radius 1 is 1.15 bits per heavy atom. The molecule has 0 aliphatic heterocycles. The second kappa shape index (κ2) is 10.1. The van der Waals surface area contributed by atoms with E-state index in [1.807, 2.05) is 19.1 Å². The van der Waals surface area contributed by atoms with Gasteiger partial charge in [-0.3, -0.25) is 0 Å². The highest BCUT2D eigenvalue weighted by atomic mass is 32.2. The summed E-state index contributed by atoms with van der Waals surface area (Å²) in [6, 6.07) is 20.1. The Balaban J connectivity index is 1.56. The summed E-state index contributed by atoms with van der Waals surface area (Å²) in [4.78, 5) is 3.18. The summed E-state index contributed by atoms with van der Waals surface area (Å²) in [5.41, 5.74) is 3.06. The Morgan fingerprint density at radius 2 is 1.88 bits per heavy atom. The first-order chi connectivity index (χ1) is 16.4. The molecule has 1 aliphatic rings. The van der Waals surface area contributed by atoms with Gasteiger partial charge in [-0.2, -0.15) is 6.57 Å². The van der Waals surface area contributed by atoms with Crippen molar-refractivity contribution in [2.75, 3.05) is 5.32 Å². The van der Waals surface area contributed by atoms with Gasteiger partial charge in [0.15, 0.2) is 0 Å². The largest absolute Gasteiger partial charge is 0.421 e. The third-order valence-electron chi connectivity index (χ3n) is 5.57. The van der Waals surface area contributed by atoms with Crippen molar-refractivity contribution in [2.24, 2.45) is 5.10 Å². The fourth-order valence-corrected chi connectivity index (χ4v) is 5.07. The van der Waals surface area contributed by atoms with Gasteiger partial charge in [0.05, 0.1) is 17.0 Å². The summed E-state index contributed by atoms with van der Waals surface area (Å²) in [5.74, 6) is 0.508. The van der Waals surface area contributed by atoms with Crippen LogP contribution in [0.5, 0.6) is 5.75 Å². The molecule has 3 N–H and O–H groups in total. The van der Waals surface area contributed by atoms with Crippen LogP contribution in [0.2, 0.25) is 0 Å². The molecule has 0 saturated carbocycles. The molecular formula is C25H24N4O4S. The highest BCUT2D eigenvalue weighted by Gasteiger charge is 2.35. The first-order valence-corrected chi connectivity index (χ1v) is 12.2. The zero-order valence-corrected chi connectivity index (χ0v) is 19.3. The summed E-state index contributed by atoms with van der Waals surface area (Å²) in [6.07, 6.45) is 0.221. The molecule has 1 aliphatic carbocycles. The number of anilines is 1. The van der Waals surface area contributed by atoms with Gasteiger partial charge in [0.1, 0.15) is 10.9 Å². The van der Waals surface area contributed by atoms with Gasteiger partial charge in [0.25, 0.3) is 0 Å². The van der Waals surface area contributed by atoms with E-state index < -0.39 is 22.2 Å². The van der Waals surface area contributed by atoms with Crippen molar-refractivity contribution in [3.63, 3.8) is 0 Å². The predicted molar refractivity (Wildman–Crippen MR) is 130 cm³/mol. The van der Waals surface area contributed by atoms with E-state index in [4.69, 9.17) is 11.3 Å². The van der Waals surface area contributed by atoms with E-state index in [-0.39, 0.29) is 10.9 Å². The normalized spacial score (nSPS) is 17.6. The highest BCUT2D eigenvalue weighted by Crippen LogP contribution is 2.35. The third kappa shape index (κ3) is 5.26. The Kier molecular flexibility index (Phi) is 6.93. The second-order valence-corrected chi connectivity index (χ2v) is 9.54. The number of nitrogens with zero attached hydrogens (tertiary/aromatic N) is 2. The molecule has 0 unspecified atom stereocenters. The highest BCUT2D eigenvalue weighted by molar-refractivity contribution is 7.89. The van der Waals surface area contributed by atoms with Gasteiger partial charge in [0, 0.05) is 12.1 Å². The second-order valence-electron chi connectivity index (χ2n) is 7.83. The molecule has 0 fully saturated rings. The number of aliphatic hydroxyl groups is 1. The lowest BCUT2D eigenvalue weighted by atomic mass is 10.1. The van der Waals surface area contributed by atoms with Crippen molar-refractivity contribution in [3.05, 3.63) is 101 Å². The Bertz CT molecular complexity index is 1330. The molecule has 3 aromatic carbocycles. The van der Waals surface area contributed by atoms with Gasteiger partial charge in [-0.15, -0.1) is 4.95 Å². The SMILES string of the molecule is [C-]#[N+]N=C(Nc1ccc2c(c1)[C@@H](NS(=O)(=O)c1ccc(CC)cc1)[C@H](O)C2)Oc1ccccc1. The molecule has 174 valence electrons. The van der Waals surface area contributed by atoms with Crippen LogP contribution in [0, 0.1) is 6.57 Å². The molecule has 2 atom stereocenters. The van der Waals surface area contributed by atoms with Crippen molar-refractivity contribution in [1.82, 2.24) is 4.72 Å². The molecule has 0 spiro atoms. The monoisotopic (exact) mass is 476 g/mol. The minimum atomic E-state index is -3.85. The number of aryl methyl sites for hydroxylation is 1. The first kappa shape index (κ1) is 23.4. The maximum Gasteiger partial charge on any atom is 0.378 e. The molecule has 34 heavy (non-hydrogen) atoms. The van der Waals surface area contributed by atoms with Crippen molar-refractivity contribution in [2.45, 2.75) is 36.8 Å². The Morgan fingerprint density at radius 3 is 2.56 bits per heavy atom. The molecule has 9 heteroatoms. The number of benzene rings is 3. The minimum absolute atomic E-state index is 0.0205. The Labute approximate surface area is 198 Å².